The molecule has 0 aromatic heterocycles. The molecule has 78 valence electrons. The van der Waals surface area contributed by atoms with Crippen molar-refractivity contribution in [3.63, 3.8) is 0 Å². The topological polar surface area (TPSA) is 0 Å². The van der Waals surface area contributed by atoms with Crippen LogP contribution < -0.4 is 0 Å². The van der Waals surface area contributed by atoms with E-state index in [1.54, 1.807) is 0 Å². The molecule has 0 aliphatic carbocycles. The van der Waals surface area contributed by atoms with Crippen LogP contribution in [0.2, 0.25) is 0 Å². The lowest BCUT2D eigenvalue weighted by Gasteiger charge is -1.98. The van der Waals surface area contributed by atoms with E-state index >= 15 is 0 Å². The second-order valence-electron chi connectivity index (χ2n) is 2.84. The van der Waals surface area contributed by atoms with Gasteiger partial charge in [-0.25, -0.2) is 0 Å². The van der Waals surface area contributed by atoms with Gasteiger partial charge in [-0.1, -0.05) is 34.8 Å². The van der Waals surface area contributed by atoms with Gasteiger partial charge in [-0.15, -0.1) is 0 Å². The zero-order chi connectivity index (χ0) is 10.2. The van der Waals surface area contributed by atoms with E-state index < -0.39 is 6.18 Å². The van der Waals surface area contributed by atoms with Crippen molar-refractivity contribution in [2.75, 3.05) is 5.33 Å². The zero-order valence-corrected chi connectivity index (χ0v) is 9.00. The number of halogens is 4. The third-order valence-corrected chi connectivity index (χ3v) is 2.12. The van der Waals surface area contributed by atoms with E-state index in [2.05, 4.69) is 15.9 Å². The van der Waals surface area contributed by atoms with Crippen LogP contribution in [0.25, 0.3) is 0 Å². The Kier molecular flexibility index (Phi) is 7.42. The first-order valence-electron chi connectivity index (χ1n) is 4.36. The van der Waals surface area contributed by atoms with Gasteiger partial charge in [0.15, 0.2) is 0 Å². The molecule has 0 bridgehead atoms. The van der Waals surface area contributed by atoms with Crippen molar-refractivity contribution < 1.29 is 13.2 Å². The van der Waals surface area contributed by atoms with Crippen LogP contribution in [-0.4, -0.2) is 11.5 Å². The largest absolute Gasteiger partial charge is 0.409 e. The van der Waals surface area contributed by atoms with E-state index in [9.17, 15) is 13.2 Å². The lowest BCUT2D eigenvalue weighted by Crippen LogP contribution is -2.00. The summed E-state index contributed by atoms with van der Waals surface area (Å²) in [4.78, 5) is 0. The molecule has 0 aliphatic heterocycles. The minimum Gasteiger partial charge on any atom is -0.167 e. The van der Waals surface area contributed by atoms with Gasteiger partial charge in [-0.3, -0.25) is 0 Å². The van der Waals surface area contributed by atoms with Crippen molar-refractivity contribution >= 4 is 15.9 Å². The first-order valence-corrected chi connectivity index (χ1v) is 5.49. The van der Waals surface area contributed by atoms with Gasteiger partial charge in [-0.2, -0.15) is 13.2 Å². The molecule has 0 rings (SSSR count). The van der Waals surface area contributed by atoms with Crippen molar-refractivity contribution in [3.8, 4) is 0 Å². The fourth-order valence-electron chi connectivity index (χ4n) is 0.927. The highest BCUT2D eigenvalue weighted by Crippen LogP contribution is 2.16. The summed E-state index contributed by atoms with van der Waals surface area (Å²) < 4.78 is 34.8. The Labute approximate surface area is 85.3 Å². The van der Waals surface area contributed by atoms with Gasteiger partial charge < -0.3 is 0 Å². The second-order valence-corrected chi connectivity index (χ2v) is 3.63. The molecule has 0 aliphatic rings. The zero-order valence-electron chi connectivity index (χ0n) is 7.41. The predicted octanol–water partition coefficient (Wildman–Crippen LogP) is 4.45. The smallest absolute Gasteiger partial charge is 0.167 e. The summed E-state index contributed by atoms with van der Waals surface area (Å²) in [5.74, 6) is 0. The lowest BCUT2D eigenvalue weighted by molar-refractivity contribution is -0.0800. The predicted molar refractivity (Wildman–Crippen MR) is 52.1 cm³/mol. The Morgan fingerprint density at radius 3 is 2.15 bits per heavy atom. The molecule has 0 aromatic carbocycles. The molecule has 0 nitrogen and oxygen atoms in total. The summed E-state index contributed by atoms with van der Waals surface area (Å²) in [5.41, 5.74) is 0. The molecule has 0 radical (unpaired) electrons. The molecule has 0 amide bonds. The standard InChI is InChI=1S/C9H14BrF3/c10-8-6-4-2-1-3-5-7-9(11,12)13/h5,7H,1-4,6,8H2/b7-5-. The second kappa shape index (κ2) is 7.42. The van der Waals surface area contributed by atoms with E-state index in [-0.39, 0.29) is 0 Å². The SMILES string of the molecule is FC(F)(F)/C=C\CCCCCCBr. The average Bonchev–Trinajstić information content (AvgIpc) is 2.01. The maximum atomic E-state index is 11.6. The van der Waals surface area contributed by atoms with Crippen molar-refractivity contribution in [2.45, 2.75) is 38.3 Å². The molecular formula is C9H14BrF3. The van der Waals surface area contributed by atoms with Gasteiger partial charge in [0.2, 0.25) is 0 Å². The normalized spacial score (nSPS) is 12.6. The number of hydrogen-bond donors (Lipinski definition) is 0. The molecular weight excluding hydrogens is 245 g/mol. The van der Waals surface area contributed by atoms with Crippen LogP contribution in [0.3, 0.4) is 0 Å². The Balaban J connectivity index is 3.21. The molecule has 0 unspecified atom stereocenters. The number of hydrogen-bond acceptors (Lipinski definition) is 0. The quantitative estimate of drug-likeness (QED) is 0.375. The maximum Gasteiger partial charge on any atom is 0.409 e. The molecule has 0 atom stereocenters. The van der Waals surface area contributed by atoms with E-state index in [0.29, 0.717) is 12.5 Å². The van der Waals surface area contributed by atoms with Crippen LogP contribution in [0.5, 0.6) is 0 Å². The number of allylic oxidation sites excluding steroid dienone is 2. The van der Waals surface area contributed by atoms with Crippen LogP contribution >= 0.6 is 15.9 Å². The first-order chi connectivity index (χ1) is 6.06. The monoisotopic (exact) mass is 258 g/mol. The molecule has 0 heterocycles. The average molecular weight is 259 g/mol. The van der Waals surface area contributed by atoms with E-state index in [4.69, 9.17) is 0 Å². The van der Waals surface area contributed by atoms with Gasteiger partial charge in [0.05, 0.1) is 0 Å². The minimum atomic E-state index is -4.14. The Morgan fingerprint density at radius 1 is 1.00 bits per heavy atom. The lowest BCUT2D eigenvalue weighted by atomic mass is 10.1. The number of unbranched alkanes of at least 4 members (excludes halogenated alkanes) is 4. The number of alkyl halides is 4. The van der Waals surface area contributed by atoms with Gasteiger partial charge in [0, 0.05) is 11.4 Å². The van der Waals surface area contributed by atoms with Crippen LogP contribution in [-0.2, 0) is 0 Å². The van der Waals surface area contributed by atoms with Crippen LogP contribution in [0, 0.1) is 0 Å². The summed E-state index contributed by atoms with van der Waals surface area (Å²) in [7, 11) is 0. The van der Waals surface area contributed by atoms with Crippen LogP contribution in [0.4, 0.5) is 13.2 Å². The molecule has 0 fully saturated rings. The molecule has 13 heavy (non-hydrogen) atoms. The van der Waals surface area contributed by atoms with Crippen molar-refractivity contribution in [3.05, 3.63) is 12.2 Å². The third-order valence-electron chi connectivity index (χ3n) is 1.56. The highest BCUT2D eigenvalue weighted by Gasteiger charge is 2.21. The molecule has 0 saturated heterocycles. The minimum absolute atomic E-state index is 0.317. The molecule has 0 N–H and O–H groups in total. The van der Waals surface area contributed by atoms with Gasteiger partial charge in [-0.05, 0) is 19.3 Å². The van der Waals surface area contributed by atoms with E-state index in [1.165, 1.54) is 6.08 Å². The Bertz CT molecular complexity index is 140. The van der Waals surface area contributed by atoms with Gasteiger partial charge >= 0.3 is 6.18 Å². The van der Waals surface area contributed by atoms with Crippen molar-refractivity contribution in [2.24, 2.45) is 0 Å². The highest BCUT2D eigenvalue weighted by atomic mass is 79.9. The fourth-order valence-corrected chi connectivity index (χ4v) is 1.32. The molecule has 0 spiro atoms. The van der Waals surface area contributed by atoms with Gasteiger partial charge in [0.25, 0.3) is 0 Å². The number of rotatable bonds is 6. The van der Waals surface area contributed by atoms with E-state index in [1.807, 2.05) is 0 Å². The molecule has 0 saturated carbocycles. The fraction of sp³-hybridized carbons (Fsp3) is 0.778. The first kappa shape index (κ1) is 13.0. The summed E-state index contributed by atoms with van der Waals surface area (Å²) in [6.07, 6.45) is 1.95. The Hall–Kier alpha value is 0.01000. The maximum absolute atomic E-state index is 11.6. The summed E-state index contributed by atoms with van der Waals surface area (Å²) in [6.45, 7) is 0. The van der Waals surface area contributed by atoms with Gasteiger partial charge in [0.1, 0.15) is 0 Å². The van der Waals surface area contributed by atoms with Crippen LogP contribution in [0.15, 0.2) is 12.2 Å². The Morgan fingerprint density at radius 2 is 1.62 bits per heavy atom. The molecule has 0 aromatic rings. The van der Waals surface area contributed by atoms with Crippen molar-refractivity contribution in [1.82, 2.24) is 0 Å². The summed E-state index contributed by atoms with van der Waals surface area (Å²) in [5, 5.41) is 0.978. The molecule has 4 heteroatoms. The highest BCUT2D eigenvalue weighted by molar-refractivity contribution is 9.09. The van der Waals surface area contributed by atoms with E-state index in [0.717, 1.165) is 31.0 Å². The van der Waals surface area contributed by atoms with Crippen molar-refractivity contribution in [1.29, 1.82) is 0 Å². The summed E-state index contributed by atoms with van der Waals surface area (Å²) in [6, 6.07) is 0. The third kappa shape index (κ3) is 12.0. The van der Waals surface area contributed by atoms with Crippen LogP contribution in [0.1, 0.15) is 32.1 Å². The summed E-state index contributed by atoms with van der Waals surface area (Å²) >= 11 is 3.30.